The zero-order valence-electron chi connectivity index (χ0n) is 15.4. The van der Waals surface area contributed by atoms with Gasteiger partial charge in [0.05, 0.1) is 11.5 Å². The first-order valence-electron chi connectivity index (χ1n) is 9.68. The minimum Gasteiger partial charge on any atom is -0.354 e. The fraction of sp³-hybridized carbons (Fsp3) is 0.619. The average molecular weight is 342 g/mol. The van der Waals surface area contributed by atoms with E-state index < -0.39 is 5.41 Å². The Labute approximate surface area is 150 Å². The van der Waals surface area contributed by atoms with E-state index in [2.05, 4.69) is 28.8 Å². The monoisotopic (exact) mass is 342 g/mol. The van der Waals surface area contributed by atoms with Crippen molar-refractivity contribution in [3.8, 4) is 0 Å². The Hall–Kier alpha value is -1.84. The van der Waals surface area contributed by atoms with Crippen molar-refractivity contribution in [3.05, 3.63) is 35.4 Å². The van der Waals surface area contributed by atoms with E-state index in [1.54, 1.807) is 0 Å². The summed E-state index contributed by atoms with van der Waals surface area (Å²) in [4.78, 5) is 25.5. The number of benzene rings is 1. The Balaban J connectivity index is 1.73. The summed E-state index contributed by atoms with van der Waals surface area (Å²) >= 11 is 0. The van der Waals surface area contributed by atoms with Crippen LogP contribution in [0, 0.1) is 5.41 Å². The van der Waals surface area contributed by atoms with Crippen molar-refractivity contribution in [2.45, 2.75) is 77.3 Å². The Morgan fingerprint density at radius 3 is 2.60 bits per heavy atom. The summed E-state index contributed by atoms with van der Waals surface area (Å²) in [7, 11) is 0. The molecule has 2 N–H and O–H groups in total. The molecular weight excluding hydrogens is 312 g/mol. The van der Waals surface area contributed by atoms with E-state index in [9.17, 15) is 9.59 Å². The highest BCUT2D eigenvalue weighted by Crippen LogP contribution is 2.42. The minimum absolute atomic E-state index is 0.00362. The summed E-state index contributed by atoms with van der Waals surface area (Å²) in [5, 5.41) is 6.25. The lowest BCUT2D eigenvalue weighted by Crippen LogP contribution is -2.45. The first-order chi connectivity index (χ1) is 12.0. The molecule has 1 unspecified atom stereocenters. The highest BCUT2D eigenvalue weighted by Gasteiger charge is 2.43. The van der Waals surface area contributed by atoms with Gasteiger partial charge in [-0.3, -0.25) is 9.59 Å². The molecule has 0 spiro atoms. The predicted octanol–water partition coefficient (Wildman–Crippen LogP) is 3.66. The first-order valence-corrected chi connectivity index (χ1v) is 9.68. The smallest absolute Gasteiger partial charge is 0.227 e. The maximum atomic E-state index is 13.2. The van der Waals surface area contributed by atoms with E-state index in [4.69, 9.17) is 0 Å². The van der Waals surface area contributed by atoms with Crippen LogP contribution in [0.2, 0.25) is 0 Å². The molecule has 0 bridgehead atoms. The van der Waals surface area contributed by atoms with Crippen LogP contribution in [-0.4, -0.2) is 17.9 Å². The molecule has 0 aliphatic heterocycles. The third-order valence-electron chi connectivity index (χ3n) is 5.67. The van der Waals surface area contributed by atoms with Gasteiger partial charge in [0.15, 0.2) is 0 Å². The third kappa shape index (κ3) is 4.05. The van der Waals surface area contributed by atoms with Crippen LogP contribution < -0.4 is 10.6 Å². The van der Waals surface area contributed by atoms with Gasteiger partial charge in [-0.2, -0.15) is 0 Å². The molecule has 4 heteroatoms. The van der Waals surface area contributed by atoms with Crippen LogP contribution in [0.4, 0.5) is 0 Å². The second-order valence-corrected chi connectivity index (χ2v) is 8.00. The molecule has 3 rings (SSSR count). The molecule has 0 radical (unpaired) electrons. The van der Waals surface area contributed by atoms with Crippen molar-refractivity contribution in [2.75, 3.05) is 0 Å². The molecule has 136 valence electrons. The Kier molecular flexibility index (Phi) is 5.45. The molecule has 1 aromatic rings. The van der Waals surface area contributed by atoms with Crippen LogP contribution in [0.15, 0.2) is 24.3 Å². The number of rotatable bonds is 5. The molecule has 0 heterocycles. The second kappa shape index (κ2) is 7.59. The molecule has 2 aliphatic carbocycles. The summed E-state index contributed by atoms with van der Waals surface area (Å²) < 4.78 is 0. The average Bonchev–Trinajstić information content (AvgIpc) is 3.04. The SMILES string of the molecule is CC(C)NC(=O)CC1(C(=O)NC2CCCc3ccccc32)CCCC1. The van der Waals surface area contributed by atoms with Gasteiger partial charge in [-0.05, 0) is 57.1 Å². The number of hydrogen-bond donors (Lipinski definition) is 2. The van der Waals surface area contributed by atoms with Gasteiger partial charge in [0.1, 0.15) is 0 Å². The van der Waals surface area contributed by atoms with Crippen molar-refractivity contribution >= 4 is 11.8 Å². The highest BCUT2D eigenvalue weighted by atomic mass is 16.2. The number of aryl methyl sites for hydroxylation is 1. The Morgan fingerprint density at radius 2 is 1.88 bits per heavy atom. The largest absolute Gasteiger partial charge is 0.354 e. The molecule has 25 heavy (non-hydrogen) atoms. The molecule has 0 saturated heterocycles. The number of hydrogen-bond acceptors (Lipinski definition) is 2. The van der Waals surface area contributed by atoms with Gasteiger partial charge in [0, 0.05) is 12.5 Å². The van der Waals surface area contributed by atoms with Crippen LogP contribution in [0.25, 0.3) is 0 Å². The molecular formula is C21H30N2O2. The van der Waals surface area contributed by atoms with Crippen LogP contribution in [-0.2, 0) is 16.0 Å². The van der Waals surface area contributed by atoms with Crippen molar-refractivity contribution in [3.63, 3.8) is 0 Å². The Morgan fingerprint density at radius 1 is 1.16 bits per heavy atom. The second-order valence-electron chi connectivity index (χ2n) is 8.00. The lowest BCUT2D eigenvalue weighted by atomic mass is 9.80. The van der Waals surface area contributed by atoms with Gasteiger partial charge < -0.3 is 10.6 Å². The van der Waals surface area contributed by atoms with E-state index >= 15 is 0 Å². The molecule has 1 fully saturated rings. The van der Waals surface area contributed by atoms with E-state index in [1.165, 1.54) is 11.1 Å². The number of carbonyl (C=O) groups is 2. The number of carbonyl (C=O) groups excluding carboxylic acids is 2. The van der Waals surface area contributed by atoms with Gasteiger partial charge >= 0.3 is 0 Å². The normalized spacial score (nSPS) is 21.6. The molecule has 2 aliphatic rings. The summed E-state index contributed by atoms with van der Waals surface area (Å²) in [6, 6.07) is 8.60. The summed E-state index contributed by atoms with van der Waals surface area (Å²) in [6.45, 7) is 3.91. The van der Waals surface area contributed by atoms with Gasteiger partial charge in [0.25, 0.3) is 0 Å². The summed E-state index contributed by atoms with van der Waals surface area (Å²) in [5.41, 5.74) is 2.07. The van der Waals surface area contributed by atoms with Crippen LogP contribution in [0.1, 0.15) is 76.0 Å². The van der Waals surface area contributed by atoms with Gasteiger partial charge in [-0.25, -0.2) is 0 Å². The van der Waals surface area contributed by atoms with E-state index in [-0.39, 0.29) is 23.9 Å². The van der Waals surface area contributed by atoms with Crippen molar-refractivity contribution in [1.29, 1.82) is 0 Å². The fourth-order valence-electron chi connectivity index (χ4n) is 4.43. The van der Waals surface area contributed by atoms with E-state index in [1.807, 2.05) is 19.9 Å². The molecule has 1 saturated carbocycles. The van der Waals surface area contributed by atoms with Crippen molar-refractivity contribution < 1.29 is 9.59 Å². The minimum atomic E-state index is -0.522. The van der Waals surface area contributed by atoms with Gasteiger partial charge in [-0.1, -0.05) is 37.1 Å². The summed E-state index contributed by atoms with van der Waals surface area (Å²) in [6.07, 6.45) is 7.18. The lowest BCUT2D eigenvalue weighted by molar-refractivity contribution is -0.137. The van der Waals surface area contributed by atoms with Gasteiger partial charge in [-0.15, -0.1) is 0 Å². The quantitative estimate of drug-likeness (QED) is 0.858. The number of amides is 2. The summed E-state index contributed by atoms with van der Waals surface area (Å²) in [5.74, 6) is 0.0710. The number of nitrogens with one attached hydrogen (secondary N) is 2. The first kappa shape index (κ1) is 18.0. The molecule has 0 aromatic heterocycles. The van der Waals surface area contributed by atoms with Crippen molar-refractivity contribution in [1.82, 2.24) is 10.6 Å². The Bertz CT molecular complexity index is 633. The van der Waals surface area contributed by atoms with Gasteiger partial charge in [0.2, 0.25) is 11.8 Å². The third-order valence-corrected chi connectivity index (χ3v) is 5.67. The van der Waals surface area contributed by atoms with Crippen LogP contribution in [0.3, 0.4) is 0 Å². The highest BCUT2D eigenvalue weighted by molar-refractivity contribution is 5.89. The molecule has 1 atom stereocenters. The zero-order valence-corrected chi connectivity index (χ0v) is 15.4. The molecule has 1 aromatic carbocycles. The predicted molar refractivity (Wildman–Crippen MR) is 99.1 cm³/mol. The topological polar surface area (TPSA) is 58.2 Å². The zero-order chi connectivity index (χ0) is 17.9. The van der Waals surface area contributed by atoms with Crippen molar-refractivity contribution in [2.24, 2.45) is 5.41 Å². The van der Waals surface area contributed by atoms with Crippen LogP contribution >= 0.6 is 0 Å². The maximum Gasteiger partial charge on any atom is 0.227 e. The van der Waals surface area contributed by atoms with E-state index in [0.717, 1.165) is 44.9 Å². The molecule has 4 nitrogen and oxygen atoms in total. The molecule has 2 amide bonds. The standard InChI is InChI=1S/C21H30N2O2/c1-15(2)22-19(24)14-21(12-5-6-13-21)20(25)23-18-11-7-9-16-8-3-4-10-17(16)18/h3-4,8,10,15,18H,5-7,9,11-14H2,1-2H3,(H,22,24)(H,23,25). The van der Waals surface area contributed by atoms with E-state index in [0.29, 0.717) is 6.42 Å². The van der Waals surface area contributed by atoms with Crippen LogP contribution in [0.5, 0.6) is 0 Å². The maximum absolute atomic E-state index is 13.2. The number of fused-ring (bicyclic) bond motifs is 1. The lowest BCUT2D eigenvalue weighted by Gasteiger charge is -2.32. The fourth-order valence-corrected chi connectivity index (χ4v) is 4.43.